The van der Waals surface area contributed by atoms with E-state index in [1.807, 2.05) is 48.5 Å². The van der Waals surface area contributed by atoms with E-state index in [2.05, 4.69) is 43.9 Å². The molecule has 0 radical (unpaired) electrons. The number of anilines is 1. The minimum absolute atomic E-state index is 0.0467. The van der Waals surface area contributed by atoms with Gasteiger partial charge in [-0.2, -0.15) is 5.26 Å². The molecule has 1 atom stereocenters. The van der Waals surface area contributed by atoms with Gasteiger partial charge in [-0.05, 0) is 54.0 Å². The zero-order valence-electron chi connectivity index (χ0n) is 18.6. The summed E-state index contributed by atoms with van der Waals surface area (Å²) in [5.74, 6) is -0.311. The summed E-state index contributed by atoms with van der Waals surface area (Å²) in [6.45, 7) is 8.75. The molecule has 0 N–H and O–H groups in total. The smallest absolute Gasteiger partial charge is 0.337 e. The summed E-state index contributed by atoms with van der Waals surface area (Å²) in [7, 11) is 1.40. The van der Waals surface area contributed by atoms with Crippen LogP contribution in [-0.4, -0.2) is 26.2 Å². The number of esters is 1. The highest BCUT2D eigenvalue weighted by atomic mass is 16.5. The zero-order valence-corrected chi connectivity index (χ0v) is 18.6. The van der Waals surface area contributed by atoms with Gasteiger partial charge in [-0.3, -0.25) is 0 Å². The molecule has 0 fully saturated rings. The van der Waals surface area contributed by atoms with Crippen molar-refractivity contribution < 1.29 is 9.53 Å². The number of rotatable bonds is 3. The van der Waals surface area contributed by atoms with E-state index in [1.54, 1.807) is 0 Å². The van der Waals surface area contributed by atoms with E-state index in [9.17, 15) is 4.79 Å². The van der Waals surface area contributed by atoms with Crippen LogP contribution in [0, 0.1) is 22.2 Å². The number of hydrogen-bond acceptors (Lipinski definition) is 4. The van der Waals surface area contributed by atoms with Crippen LogP contribution in [-0.2, 0) is 4.74 Å². The molecule has 4 nitrogen and oxygen atoms in total. The molecule has 1 heterocycles. The molecule has 0 amide bonds. The van der Waals surface area contributed by atoms with Gasteiger partial charge in [-0.15, -0.1) is 0 Å². The number of ether oxygens (including phenoxy) is 1. The molecule has 1 aliphatic carbocycles. The van der Waals surface area contributed by atoms with Crippen molar-refractivity contribution in [2.75, 3.05) is 25.1 Å². The average Bonchev–Trinajstić information content (AvgIpc) is 2.78. The van der Waals surface area contributed by atoms with Crippen molar-refractivity contribution in [2.24, 2.45) is 10.8 Å². The van der Waals surface area contributed by atoms with Crippen LogP contribution in [0.4, 0.5) is 5.69 Å². The molecule has 0 bridgehead atoms. The third-order valence-electron chi connectivity index (χ3n) is 6.79. The van der Waals surface area contributed by atoms with Crippen molar-refractivity contribution in [3.8, 4) is 6.07 Å². The Balaban J connectivity index is 1.62. The number of benzene rings is 2. The largest absolute Gasteiger partial charge is 0.465 e. The van der Waals surface area contributed by atoms with E-state index in [0.717, 1.165) is 30.8 Å². The van der Waals surface area contributed by atoms with Crippen molar-refractivity contribution in [3.05, 3.63) is 82.9 Å². The van der Waals surface area contributed by atoms with Crippen LogP contribution in [0.3, 0.4) is 0 Å². The summed E-state index contributed by atoms with van der Waals surface area (Å²) in [5, 5.41) is 9.06. The number of hydrogen-bond donors (Lipinski definition) is 0. The lowest BCUT2D eigenvalue weighted by atomic mass is 9.58. The summed E-state index contributed by atoms with van der Waals surface area (Å²) in [5.41, 5.74) is 6.28. The highest BCUT2D eigenvalue weighted by molar-refractivity contribution is 5.90. The predicted octanol–water partition coefficient (Wildman–Crippen LogP) is 5.61. The number of nitriles is 1. The summed E-state index contributed by atoms with van der Waals surface area (Å²) in [4.78, 5) is 14.2. The molecule has 4 heteroatoms. The first-order chi connectivity index (χ1) is 14.8. The Morgan fingerprint density at radius 3 is 2.32 bits per heavy atom. The zero-order chi connectivity index (χ0) is 22.2. The second kappa shape index (κ2) is 7.74. The first-order valence-electron chi connectivity index (χ1n) is 10.6. The molecule has 1 aliphatic heterocycles. The highest BCUT2D eigenvalue weighted by Crippen LogP contribution is 2.55. The summed E-state index contributed by atoms with van der Waals surface area (Å²) >= 11 is 0. The van der Waals surface area contributed by atoms with Gasteiger partial charge in [0.1, 0.15) is 0 Å². The lowest BCUT2D eigenvalue weighted by Crippen LogP contribution is -2.46. The van der Waals surface area contributed by atoms with Crippen molar-refractivity contribution in [3.63, 3.8) is 0 Å². The minimum Gasteiger partial charge on any atom is -0.465 e. The van der Waals surface area contributed by atoms with Gasteiger partial charge in [0, 0.05) is 29.6 Å². The number of methoxy groups -OCH3 is 1. The van der Waals surface area contributed by atoms with E-state index in [-0.39, 0.29) is 16.8 Å². The first kappa shape index (κ1) is 20.9. The Hall–Kier alpha value is -3.32. The molecule has 158 valence electrons. The summed E-state index contributed by atoms with van der Waals surface area (Å²) in [6, 6.07) is 17.8. The first-order valence-corrected chi connectivity index (χ1v) is 10.6. The Morgan fingerprint density at radius 1 is 1.03 bits per heavy atom. The van der Waals surface area contributed by atoms with Gasteiger partial charge in [0.15, 0.2) is 0 Å². The van der Waals surface area contributed by atoms with E-state index in [0.29, 0.717) is 11.1 Å². The summed E-state index contributed by atoms with van der Waals surface area (Å²) < 4.78 is 4.82. The molecule has 2 aromatic carbocycles. The van der Waals surface area contributed by atoms with Gasteiger partial charge < -0.3 is 9.64 Å². The van der Waals surface area contributed by atoms with Crippen molar-refractivity contribution >= 4 is 17.2 Å². The third kappa shape index (κ3) is 3.65. The lowest BCUT2D eigenvalue weighted by molar-refractivity contribution is 0.0600. The fourth-order valence-corrected chi connectivity index (χ4v) is 5.26. The fraction of sp³-hybridized carbons (Fsp3) is 0.333. The maximum Gasteiger partial charge on any atom is 0.337 e. The molecular formula is C27H28N2O2. The molecule has 0 saturated carbocycles. The Bertz CT molecular complexity index is 1100. The monoisotopic (exact) mass is 412 g/mol. The van der Waals surface area contributed by atoms with Crippen molar-refractivity contribution in [1.29, 1.82) is 5.26 Å². The Morgan fingerprint density at radius 2 is 1.71 bits per heavy atom. The van der Waals surface area contributed by atoms with Crippen LogP contribution >= 0.6 is 0 Å². The van der Waals surface area contributed by atoms with Crippen LogP contribution in [0.2, 0.25) is 0 Å². The van der Waals surface area contributed by atoms with Crippen LogP contribution in [0.1, 0.15) is 48.7 Å². The molecule has 0 saturated heterocycles. The fourth-order valence-electron chi connectivity index (χ4n) is 5.26. The molecule has 0 aromatic heterocycles. The number of nitrogens with zero attached hydrogens (tertiary/aromatic N) is 2. The number of carbonyl (C=O) groups excluding carboxylic acids is 1. The second-order valence-corrected chi connectivity index (χ2v) is 9.23. The van der Waals surface area contributed by atoms with Crippen molar-refractivity contribution in [1.82, 2.24) is 0 Å². The maximum absolute atomic E-state index is 11.8. The number of carbonyl (C=O) groups is 1. The van der Waals surface area contributed by atoms with Crippen LogP contribution in [0.15, 0.2) is 66.3 Å². The molecule has 31 heavy (non-hydrogen) atoms. The van der Waals surface area contributed by atoms with E-state index < -0.39 is 0 Å². The standard InChI is InChI=1S/C27H28N2O2/c1-26(2)23(20-7-9-21(10-8-20)25(30)31-4)13-15-27(3)18-29(16-14-24(26)27)22-11-5-19(17-28)6-12-22/h5-14H,15-16,18H2,1-4H3/t27-/m1/s1. The second-order valence-electron chi connectivity index (χ2n) is 9.23. The lowest BCUT2D eigenvalue weighted by Gasteiger charge is -2.51. The Labute approximate surface area is 184 Å². The molecule has 2 aromatic rings. The van der Waals surface area contributed by atoms with Gasteiger partial charge in [-0.1, -0.05) is 50.6 Å². The molecule has 4 rings (SSSR count). The molecular weight excluding hydrogens is 384 g/mol. The molecule has 2 aliphatic rings. The number of allylic oxidation sites excluding steroid dienone is 2. The van der Waals surface area contributed by atoms with E-state index in [4.69, 9.17) is 10.00 Å². The predicted molar refractivity (Wildman–Crippen MR) is 124 cm³/mol. The normalized spacial score (nSPS) is 22.0. The SMILES string of the molecule is COC(=O)c1ccc(C2=CC[C@]3(C)CN(c4ccc(C#N)cc4)CC=C3C2(C)C)cc1. The van der Waals surface area contributed by atoms with Gasteiger partial charge in [0.25, 0.3) is 0 Å². The number of fused-ring (bicyclic) bond motifs is 1. The van der Waals surface area contributed by atoms with Crippen LogP contribution in [0.25, 0.3) is 5.57 Å². The van der Waals surface area contributed by atoms with Gasteiger partial charge in [0.05, 0.1) is 24.3 Å². The topological polar surface area (TPSA) is 53.3 Å². The van der Waals surface area contributed by atoms with Gasteiger partial charge in [-0.25, -0.2) is 4.79 Å². The third-order valence-corrected chi connectivity index (χ3v) is 6.79. The van der Waals surface area contributed by atoms with E-state index in [1.165, 1.54) is 18.3 Å². The molecule has 0 spiro atoms. The minimum atomic E-state index is -0.311. The summed E-state index contributed by atoms with van der Waals surface area (Å²) in [6.07, 6.45) is 5.72. The van der Waals surface area contributed by atoms with Crippen LogP contribution in [0.5, 0.6) is 0 Å². The highest BCUT2D eigenvalue weighted by Gasteiger charge is 2.45. The van der Waals surface area contributed by atoms with Crippen LogP contribution < -0.4 is 4.90 Å². The average molecular weight is 413 g/mol. The quantitative estimate of drug-likeness (QED) is 0.486. The Kier molecular flexibility index (Phi) is 5.23. The molecule has 0 unspecified atom stereocenters. The van der Waals surface area contributed by atoms with Gasteiger partial charge >= 0.3 is 5.97 Å². The van der Waals surface area contributed by atoms with E-state index >= 15 is 0 Å². The van der Waals surface area contributed by atoms with Gasteiger partial charge in [0.2, 0.25) is 0 Å². The maximum atomic E-state index is 11.8. The van der Waals surface area contributed by atoms with Crippen molar-refractivity contribution in [2.45, 2.75) is 27.2 Å².